The Bertz CT molecular complexity index is 461. The fraction of sp³-hybridized carbons (Fsp3) is 0.600. The van der Waals surface area contributed by atoms with E-state index >= 15 is 0 Å². The molecular formula is C15H21BrN2O2. The number of ether oxygens (including phenoxy) is 2. The van der Waals surface area contributed by atoms with Gasteiger partial charge in [-0.05, 0) is 56.6 Å². The Morgan fingerprint density at radius 2 is 2.05 bits per heavy atom. The van der Waals surface area contributed by atoms with E-state index in [9.17, 15) is 0 Å². The van der Waals surface area contributed by atoms with E-state index < -0.39 is 0 Å². The van der Waals surface area contributed by atoms with Gasteiger partial charge >= 0.3 is 0 Å². The van der Waals surface area contributed by atoms with Crippen LogP contribution in [0.25, 0.3) is 0 Å². The summed E-state index contributed by atoms with van der Waals surface area (Å²) in [5.74, 6) is 2.38. The molecule has 20 heavy (non-hydrogen) atoms. The van der Waals surface area contributed by atoms with Gasteiger partial charge in [0.15, 0.2) is 11.5 Å². The highest BCUT2D eigenvalue weighted by atomic mass is 79.9. The van der Waals surface area contributed by atoms with Crippen LogP contribution in [0.15, 0.2) is 22.7 Å². The number of benzene rings is 1. The largest absolute Gasteiger partial charge is 0.486 e. The molecule has 5 heteroatoms. The van der Waals surface area contributed by atoms with Crippen molar-refractivity contribution >= 4 is 15.9 Å². The lowest BCUT2D eigenvalue weighted by Gasteiger charge is -2.35. The number of rotatable bonds is 3. The van der Waals surface area contributed by atoms with Gasteiger partial charge in [0.1, 0.15) is 12.7 Å². The minimum absolute atomic E-state index is 0.117. The van der Waals surface area contributed by atoms with E-state index in [4.69, 9.17) is 15.2 Å². The van der Waals surface area contributed by atoms with Gasteiger partial charge < -0.3 is 15.2 Å². The summed E-state index contributed by atoms with van der Waals surface area (Å²) in [5.41, 5.74) is 5.73. The summed E-state index contributed by atoms with van der Waals surface area (Å²) in [6, 6.07) is 5.89. The van der Waals surface area contributed by atoms with Crippen molar-refractivity contribution in [3.63, 3.8) is 0 Å². The number of nitrogens with zero attached hydrogens (tertiary/aromatic N) is 1. The Kier molecular flexibility index (Phi) is 4.48. The third-order valence-corrected chi connectivity index (χ3v) is 4.62. The van der Waals surface area contributed by atoms with Crippen LogP contribution in [0.4, 0.5) is 0 Å². The minimum atomic E-state index is 0.117. The molecule has 1 atom stereocenters. The average molecular weight is 341 g/mol. The van der Waals surface area contributed by atoms with Crippen LogP contribution in [0.2, 0.25) is 0 Å². The van der Waals surface area contributed by atoms with Crippen molar-refractivity contribution in [1.29, 1.82) is 0 Å². The Morgan fingerprint density at radius 3 is 2.80 bits per heavy atom. The monoisotopic (exact) mass is 340 g/mol. The topological polar surface area (TPSA) is 47.7 Å². The Hall–Kier alpha value is -0.780. The highest BCUT2D eigenvalue weighted by Crippen LogP contribution is 2.34. The summed E-state index contributed by atoms with van der Waals surface area (Å²) in [5, 5.41) is 0. The second kappa shape index (κ2) is 6.33. The van der Waals surface area contributed by atoms with Crippen LogP contribution in [-0.4, -0.2) is 43.8 Å². The first kappa shape index (κ1) is 14.2. The first-order valence-corrected chi connectivity index (χ1v) is 8.05. The molecule has 2 N–H and O–H groups in total. The number of hydrogen-bond acceptors (Lipinski definition) is 4. The van der Waals surface area contributed by atoms with Crippen molar-refractivity contribution in [3.8, 4) is 11.5 Å². The van der Waals surface area contributed by atoms with Crippen molar-refractivity contribution in [1.82, 2.24) is 4.90 Å². The maximum atomic E-state index is 6.05. The molecule has 0 unspecified atom stereocenters. The molecule has 0 amide bonds. The van der Waals surface area contributed by atoms with Gasteiger partial charge in [-0.25, -0.2) is 0 Å². The van der Waals surface area contributed by atoms with E-state index in [1.165, 1.54) is 12.8 Å². The molecule has 1 aromatic carbocycles. The van der Waals surface area contributed by atoms with E-state index in [-0.39, 0.29) is 6.10 Å². The minimum Gasteiger partial charge on any atom is -0.486 e. The van der Waals surface area contributed by atoms with Crippen molar-refractivity contribution in [3.05, 3.63) is 22.7 Å². The lowest BCUT2D eigenvalue weighted by atomic mass is 9.97. The van der Waals surface area contributed by atoms with Crippen LogP contribution in [0.5, 0.6) is 11.5 Å². The zero-order chi connectivity index (χ0) is 13.9. The van der Waals surface area contributed by atoms with E-state index in [0.29, 0.717) is 12.5 Å². The van der Waals surface area contributed by atoms with Crippen LogP contribution in [-0.2, 0) is 0 Å². The first-order chi connectivity index (χ1) is 9.74. The van der Waals surface area contributed by atoms with Gasteiger partial charge in [0.2, 0.25) is 0 Å². The van der Waals surface area contributed by atoms with E-state index in [1.807, 2.05) is 18.2 Å². The number of fused-ring (bicyclic) bond motifs is 1. The molecule has 0 aliphatic carbocycles. The third kappa shape index (κ3) is 3.27. The molecule has 0 spiro atoms. The molecule has 3 rings (SSSR count). The Morgan fingerprint density at radius 1 is 1.25 bits per heavy atom. The standard InChI is InChI=1S/C15H21BrN2O2/c16-12-1-2-14-15(7-12)20-13(10-19-14)9-18-5-3-11(8-17)4-6-18/h1-2,7,11,13H,3-6,8-10,17H2/t13-/m0/s1. The molecule has 0 bridgehead atoms. The molecule has 110 valence electrons. The molecule has 0 aromatic heterocycles. The first-order valence-electron chi connectivity index (χ1n) is 7.26. The second-order valence-corrected chi connectivity index (χ2v) is 6.54. The number of nitrogens with two attached hydrogens (primary N) is 1. The van der Waals surface area contributed by atoms with Crippen LogP contribution < -0.4 is 15.2 Å². The quantitative estimate of drug-likeness (QED) is 0.916. The summed E-state index contributed by atoms with van der Waals surface area (Å²) in [6.07, 6.45) is 2.52. The maximum Gasteiger partial charge on any atom is 0.162 e. The highest BCUT2D eigenvalue weighted by molar-refractivity contribution is 9.10. The van der Waals surface area contributed by atoms with Crippen LogP contribution in [0.3, 0.4) is 0 Å². The summed E-state index contributed by atoms with van der Waals surface area (Å²) in [4.78, 5) is 2.46. The lowest BCUT2D eigenvalue weighted by molar-refractivity contribution is 0.0482. The maximum absolute atomic E-state index is 6.05. The number of halogens is 1. The summed E-state index contributed by atoms with van der Waals surface area (Å²) < 4.78 is 12.8. The predicted molar refractivity (Wildman–Crippen MR) is 82.3 cm³/mol. The summed E-state index contributed by atoms with van der Waals surface area (Å²) in [7, 11) is 0. The van der Waals surface area contributed by atoms with Gasteiger partial charge in [0, 0.05) is 11.0 Å². The fourth-order valence-corrected chi connectivity index (χ4v) is 3.21. The molecule has 0 saturated carbocycles. The van der Waals surface area contributed by atoms with Crippen LogP contribution in [0, 0.1) is 5.92 Å². The second-order valence-electron chi connectivity index (χ2n) is 5.62. The zero-order valence-electron chi connectivity index (χ0n) is 11.6. The van der Waals surface area contributed by atoms with Crippen LogP contribution >= 0.6 is 15.9 Å². The van der Waals surface area contributed by atoms with Crippen molar-refractivity contribution in [2.24, 2.45) is 11.7 Å². The van der Waals surface area contributed by atoms with E-state index in [2.05, 4.69) is 20.8 Å². The van der Waals surface area contributed by atoms with Crippen molar-refractivity contribution < 1.29 is 9.47 Å². The SMILES string of the molecule is NCC1CCN(C[C@H]2COc3ccc(Br)cc3O2)CC1. The molecule has 4 nitrogen and oxygen atoms in total. The number of piperidine rings is 1. The zero-order valence-corrected chi connectivity index (χ0v) is 13.1. The number of likely N-dealkylation sites (tertiary alicyclic amines) is 1. The Balaban J connectivity index is 1.55. The third-order valence-electron chi connectivity index (χ3n) is 4.13. The van der Waals surface area contributed by atoms with Crippen LogP contribution in [0.1, 0.15) is 12.8 Å². The van der Waals surface area contributed by atoms with E-state index in [1.54, 1.807) is 0 Å². The van der Waals surface area contributed by atoms with Gasteiger partial charge in [-0.3, -0.25) is 4.90 Å². The lowest BCUT2D eigenvalue weighted by Crippen LogP contribution is -2.44. The molecule has 2 aliphatic heterocycles. The predicted octanol–water partition coefficient (Wildman–Crippen LogP) is 2.26. The Labute approximate surface area is 128 Å². The number of hydrogen-bond donors (Lipinski definition) is 1. The molecule has 0 radical (unpaired) electrons. The molecule has 1 aromatic rings. The normalized spacial score (nSPS) is 23.8. The van der Waals surface area contributed by atoms with Gasteiger partial charge in [-0.2, -0.15) is 0 Å². The molecule has 1 saturated heterocycles. The summed E-state index contributed by atoms with van der Waals surface area (Å²) in [6.45, 7) is 4.62. The molecular weight excluding hydrogens is 320 g/mol. The van der Waals surface area contributed by atoms with Gasteiger partial charge in [-0.1, -0.05) is 15.9 Å². The summed E-state index contributed by atoms with van der Waals surface area (Å²) >= 11 is 3.47. The van der Waals surface area contributed by atoms with Gasteiger partial charge in [0.25, 0.3) is 0 Å². The van der Waals surface area contributed by atoms with E-state index in [0.717, 1.165) is 42.2 Å². The molecule has 2 heterocycles. The van der Waals surface area contributed by atoms with Gasteiger partial charge in [-0.15, -0.1) is 0 Å². The molecule has 2 aliphatic rings. The molecule has 1 fully saturated rings. The smallest absolute Gasteiger partial charge is 0.162 e. The van der Waals surface area contributed by atoms with Crippen molar-refractivity contribution in [2.75, 3.05) is 32.8 Å². The van der Waals surface area contributed by atoms with Crippen molar-refractivity contribution in [2.45, 2.75) is 18.9 Å². The van der Waals surface area contributed by atoms with Gasteiger partial charge in [0.05, 0.1) is 0 Å². The average Bonchev–Trinajstić information content (AvgIpc) is 2.47. The fourth-order valence-electron chi connectivity index (χ4n) is 2.87. The highest BCUT2D eigenvalue weighted by Gasteiger charge is 2.25.